The maximum absolute atomic E-state index is 12.3. The highest BCUT2D eigenvalue weighted by Gasteiger charge is 2.16. The molecule has 1 N–H and O–H groups in total. The molecule has 0 atom stereocenters. The fourth-order valence-corrected chi connectivity index (χ4v) is 2.94. The van der Waals surface area contributed by atoms with E-state index in [1.54, 1.807) is 0 Å². The van der Waals surface area contributed by atoms with Crippen LogP contribution in [0.3, 0.4) is 0 Å². The van der Waals surface area contributed by atoms with E-state index >= 15 is 0 Å². The lowest BCUT2D eigenvalue weighted by Crippen LogP contribution is -2.14. The normalized spacial score (nSPS) is 11.1. The van der Waals surface area contributed by atoms with Crippen molar-refractivity contribution in [2.45, 2.75) is 53.4 Å². The van der Waals surface area contributed by atoms with Gasteiger partial charge in [-0.05, 0) is 74.1 Å². The Morgan fingerprint density at radius 3 is 2.31 bits per heavy atom. The van der Waals surface area contributed by atoms with Crippen LogP contribution < -0.4 is 5.32 Å². The molecular formula is C23H29NO5. The molecule has 0 aliphatic carbocycles. The first kappa shape index (κ1) is 24.0. The highest BCUT2D eigenvalue weighted by molar-refractivity contribution is 6.04. The molecule has 0 saturated heterocycles. The Balaban J connectivity index is 3.22. The van der Waals surface area contributed by atoms with E-state index in [0.717, 1.165) is 47.6 Å². The van der Waals surface area contributed by atoms with Crippen LogP contribution >= 0.6 is 0 Å². The Morgan fingerprint density at radius 2 is 1.72 bits per heavy atom. The highest BCUT2D eigenvalue weighted by atomic mass is 16.5. The van der Waals surface area contributed by atoms with Crippen LogP contribution in [0.25, 0.3) is 0 Å². The Labute approximate surface area is 172 Å². The van der Waals surface area contributed by atoms with Crippen LogP contribution in [0, 0.1) is 13.8 Å². The lowest BCUT2D eigenvalue weighted by atomic mass is 9.89. The molecule has 0 spiro atoms. The fourth-order valence-electron chi connectivity index (χ4n) is 2.94. The zero-order valence-corrected chi connectivity index (χ0v) is 17.8. The number of anilines is 1. The number of nitrogens with one attached hydrogen (secondary N) is 1. The van der Waals surface area contributed by atoms with Crippen LogP contribution in [0.4, 0.5) is 5.69 Å². The number of rotatable bonds is 10. The van der Waals surface area contributed by atoms with Crippen molar-refractivity contribution in [1.82, 2.24) is 0 Å². The summed E-state index contributed by atoms with van der Waals surface area (Å²) in [5.74, 6) is -1.36. The second-order valence-electron chi connectivity index (χ2n) is 6.86. The number of amides is 1. The smallest absolute Gasteiger partial charge is 0.330 e. The third kappa shape index (κ3) is 7.86. The van der Waals surface area contributed by atoms with Crippen molar-refractivity contribution in [1.29, 1.82) is 0 Å². The van der Waals surface area contributed by atoms with Gasteiger partial charge in [-0.25, -0.2) is 4.79 Å². The van der Waals surface area contributed by atoms with Crippen molar-refractivity contribution in [3.05, 3.63) is 52.6 Å². The molecule has 156 valence electrons. The molecular weight excluding hydrogens is 370 g/mol. The Hall–Kier alpha value is -3.02. The van der Waals surface area contributed by atoms with Gasteiger partial charge in [0.05, 0.1) is 7.11 Å². The van der Waals surface area contributed by atoms with Crippen molar-refractivity contribution >= 4 is 29.1 Å². The van der Waals surface area contributed by atoms with Gasteiger partial charge in [-0.1, -0.05) is 13.3 Å². The van der Waals surface area contributed by atoms with E-state index in [4.69, 9.17) is 0 Å². The molecule has 29 heavy (non-hydrogen) atoms. The van der Waals surface area contributed by atoms with Gasteiger partial charge in [0.1, 0.15) is 0 Å². The average molecular weight is 399 g/mol. The molecule has 0 unspecified atom stereocenters. The zero-order valence-electron chi connectivity index (χ0n) is 17.8. The van der Waals surface area contributed by atoms with Gasteiger partial charge in [-0.15, -0.1) is 0 Å². The molecule has 0 saturated carbocycles. The topological polar surface area (TPSA) is 89.5 Å². The largest absolute Gasteiger partial charge is 0.466 e. The molecule has 1 aromatic carbocycles. The molecule has 0 radical (unpaired) electrons. The van der Waals surface area contributed by atoms with Crippen LogP contribution in [-0.4, -0.2) is 30.6 Å². The minimum Gasteiger partial charge on any atom is -0.466 e. The summed E-state index contributed by atoms with van der Waals surface area (Å²) in [6.45, 7) is 7.27. The summed E-state index contributed by atoms with van der Waals surface area (Å²) in [5, 5.41) is 2.81. The summed E-state index contributed by atoms with van der Waals surface area (Å²) in [7, 11) is 1.26. The molecule has 1 aromatic rings. The number of carbonyl (C=O) groups is 4. The summed E-state index contributed by atoms with van der Waals surface area (Å²) in [6.07, 6.45) is 7.65. The van der Waals surface area contributed by atoms with Gasteiger partial charge < -0.3 is 10.1 Å². The molecule has 1 amide bonds. The summed E-state index contributed by atoms with van der Waals surface area (Å²) in [5.41, 5.74) is 4.37. The quantitative estimate of drug-likeness (QED) is 0.480. The number of esters is 1. The molecule has 6 heteroatoms. The van der Waals surface area contributed by atoms with Crippen LogP contribution in [0.15, 0.2) is 30.4 Å². The van der Waals surface area contributed by atoms with Crippen molar-refractivity contribution in [3.8, 4) is 0 Å². The first-order chi connectivity index (χ1) is 13.7. The zero-order chi connectivity index (χ0) is 22.0. The highest BCUT2D eigenvalue weighted by Crippen LogP contribution is 2.29. The predicted molar refractivity (Wildman–Crippen MR) is 113 cm³/mol. The molecule has 0 bridgehead atoms. The van der Waals surface area contributed by atoms with Crippen molar-refractivity contribution < 1.29 is 23.9 Å². The van der Waals surface area contributed by atoms with E-state index in [1.165, 1.54) is 32.3 Å². The average Bonchev–Trinajstić information content (AvgIpc) is 2.67. The Morgan fingerprint density at radius 1 is 1.03 bits per heavy atom. The monoisotopic (exact) mass is 399 g/mol. The predicted octanol–water partition coefficient (Wildman–Crippen LogP) is 3.57. The minimum atomic E-state index is -0.575. The van der Waals surface area contributed by atoms with E-state index in [0.29, 0.717) is 5.69 Å². The number of hydrogen-bond acceptors (Lipinski definition) is 5. The summed E-state index contributed by atoms with van der Waals surface area (Å²) < 4.78 is 4.51. The third-order valence-electron chi connectivity index (χ3n) is 4.52. The van der Waals surface area contributed by atoms with Crippen molar-refractivity contribution in [3.63, 3.8) is 0 Å². The van der Waals surface area contributed by atoms with Crippen LogP contribution in [0.1, 0.15) is 48.9 Å². The lowest BCUT2D eigenvalue weighted by molar-refractivity contribution is -0.135. The van der Waals surface area contributed by atoms with Gasteiger partial charge in [0.2, 0.25) is 5.91 Å². The van der Waals surface area contributed by atoms with E-state index in [9.17, 15) is 19.2 Å². The van der Waals surface area contributed by atoms with Gasteiger partial charge in [0.25, 0.3) is 0 Å². The number of benzene rings is 1. The van der Waals surface area contributed by atoms with E-state index in [1.807, 2.05) is 19.9 Å². The summed E-state index contributed by atoms with van der Waals surface area (Å²) >= 11 is 0. The number of ketones is 2. The van der Waals surface area contributed by atoms with Crippen molar-refractivity contribution in [2.75, 3.05) is 12.4 Å². The van der Waals surface area contributed by atoms with Gasteiger partial charge in [-0.3, -0.25) is 14.4 Å². The molecule has 0 fully saturated rings. The lowest BCUT2D eigenvalue weighted by Gasteiger charge is -2.19. The first-order valence-electron chi connectivity index (χ1n) is 9.60. The second kappa shape index (κ2) is 11.7. The second-order valence-corrected chi connectivity index (χ2v) is 6.86. The number of allylic oxidation sites excluding steroid dienone is 2. The summed E-state index contributed by atoms with van der Waals surface area (Å²) in [4.78, 5) is 46.7. The van der Waals surface area contributed by atoms with Gasteiger partial charge in [-0.2, -0.15) is 0 Å². The molecule has 0 aliphatic rings. The van der Waals surface area contributed by atoms with Crippen LogP contribution in [0.5, 0.6) is 0 Å². The number of hydrogen-bond donors (Lipinski definition) is 1. The molecule has 0 aromatic heterocycles. The van der Waals surface area contributed by atoms with Crippen LogP contribution in [0.2, 0.25) is 0 Å². The van der Waals surface area contributed by atoms with Gasteiger partial charge in [0.15, 0.2) is 11.6 Å². The molecule has 6 nitrogen and oxygen atoms in total. The van der Waals surface area contributed by atoms with E-state index in [2.05, 4.69) is 17.0 Å². The first-order valence-corrected chi connectivity index (χ1v) is 9.60. The number of ether oxygens (including phenoxy) is 1. The fraction of sp³-hybridized carbons (Fsp3) is 0.391. The van der Waals surface area contributed by atoms with Gasteiger partial charge >= 0.3 is 5.97 Å². The Kier molecular flexibility index (Phi) is 9.72. The third-order valence-corrected chi connectivity index (χ3v) is 4.52. The maximum atomic E-state index is 12.3. The molecule has 0 aliphatic heterocycles. The number of methoxy groups -OCH3 is 1. The number of aryl methyl sites for hydroxylation is 1. The van der Waals surface area contributed by atoms with Crippen LogP contribution in [-0.2, 0) is 36.8 Å². The van der Waals surface area contributed by atoms with Gasteiger partial charge in [0, 0.05) is 24.3 Å². The molecule has 1 rings (SSSR count). The standard InChI is InChI=1S/C23H29NO5/c1-6-7-8-19-17(4)21(24-22(27)11-9-16(3)25)13-15(2)20(19)14-18(26)10-12-23(28)29-5/h9-13H,6-8,14H2,1-5H3,(H,24,27)/b11-9-,12-10-. The minimum absolute atomic E-state index is 0.164. The van der Waals surface area contributed by atoms with E-state index in [-0.39, 0.29) is 23.9 Å². The number of carbonyl (C=O) groups excluding carboxylic acids is 4. The van der Waals surface area contributed by atoms with Crippen molar-refractivity contribution in [2.24, 2.45) is 0 Å². The Bertz CT molecular complexity index is 849. The SMILES string of the molecule is CCCCc1c(C)c(NC(=O)/C=C\C(C)=O)cc(C)c1CC(=O)/C=C\C(=O)OC. The maximum Gasteiger partial charge on any atom is 0.330 e. The number of unbranched alkanes of at least 4 members (excludes halogenated alkanes) is 1. The molecule has 0 heterocycles. The summed E-state index contributed by atoms with van der Waals surface area (Å²) in [6, 6.07) is 1.83. The van der Waals surface area contributed by atoms with E-state index < -0.39 is 5.97 Å².